The summed E-state index contributed by atoms with van der Waals surface area (Å²) in [6.45, 7) is 3.20. The van der Waals surface area contributed by atoms with Gasteiger partial charge in [0, 0.05) is 6.04 Å². The second-order valence-electron chi connectivity index (χ2n) is 4.20. The summed E-state index contributed by atoms with van der Waals surface area (Å²) in [6, 6.07) is 3.93. The molecule has 0 aliphatic heterocycles. The van der Waals surface area contributed by atoms with Crippen LogP contribution in [0.3, 0.4) is 0 Å². The van der Waals surface area contributed by atoms with Gasteiger partial charge in [-0.05, 0) is 26.0 Å². The van der Waals surface area contributed by atoms with Crippen molar-refractivity contribution in [3.8, 4) is 5.75 Å². The number of carbonyl (C=O) groups is 1. The monoisotopic (exact) mass is 268 g/mol. The Balaban J connectivity index is 3.00. The summed E-state index contributed by atoms with van der Waals surface area (Å²) in [7, 11) is 1.42. The van der Waals surface area contributed by atoms with E-state index in [0.717, 1.165) is 0 Å². The molecule has 0 bridgehead atoms. The molecular weight excluding hydrogens is 252 g/mol. The van der Waals surface area contributed by atoms with Crippen LogP contribution in [0, 0.1) is 16.0 Å². The van der Waals surface area contributed by atoms with Crippen LogP contribution in [-0.2, 0) is 4.79 Å². The van der Waals surface area contributed by atoms with E-state index in [2.05, 4.69) is 5.32 Å². The van der Waals surface area contributed by atoms with Crippen molar-refractivity contribution in [3.63, 3.8) is 0 Å². The average molecular weight is 268 g/mol. The summed E-state index contributed by atoms with van der Waals surface area (Å²) < 4.78 is 4.92. The lowest BCUT2D eigenvalue weighted by Crippen LogP contribution is -2.29. The van der Waals surface area contributed by atoms with Crippen LogP contribution in [0.4, 0.5) is 11.4 Å². The zero-order chi connectivity index (χ0) is 14.6. The maximum Gasteiger partial charge on any atom is 0.308 e. The van der Waals surface area contributed by atoms with E-state index in [-0.39, 0.29) is 11.4 Å². The number of methoxy groups -OCH3 is 1. The smallest absolute Gasteiger partial charge is 0.308 e. The van der Waals surface area contributed by atoms with Gasteiger partial charge in [-0.3, -0.25) is 14.9 Å². The van der Waals surface area contributed by atoms with Gasteiger partial charge in [0.25, 0.3) is 5.69 Å². The fourth-order valence-corrected chi connectivity index (χ4v) is 1.50. The number of benzene rings is 1. The number of carboxylic acid groups (broad SMARTS) is 1. The SMILES string of the molecule is COc1ccc(NC(C)C(C)C(=O)O)c([N+](=O)[O-])c1. The molecule has 2 unspecified atom stereocenters. The molecular formula is C12H16N2O5. The summed E-state index contributed by atoms with van der Waals surface area (Å²) in [5.41, 5.74) is 0.121. The van der Waals surface area contributed by atoms with Gasteiger partial charge in [0.2, 0.25) is 0 Å². The summed E-state index contributed by atoms with van der Waals surface area (Å²) >= 11 is 0. The predicted molar refractivity (Wildman–Crippen MR) is 69.5 cm³/mol. The van der Waals surface area contributed by atoms with Gasteiger partial charge in [-0.1, -0.05) is 0 Å². The van der Waals surface area contributed by atoms with Gasteiger partial charge in [0.1, 0.15) is 11.4 Å². The zero-order valence-electron chi connectivity index (χ0n) is 10.9. The highest BCUT2D eigenvalue weighted by atomic mass is 16.6. The van der Waals surface area contributed by atoms with E-state index in [1.54, 1.807) is 13.0 Å². The molecule has 7 heteroatoms. The molecule has 2 atom stereocenters. The number of nitrogens with zero attached hydrogens (tertiary/aromatic N) is 1. The summed E-state index contributed by atoms with van der Waals surface area (Å²) in [5, 5.41) is 22.7. The van der Waals surface area contributed by atoms with Gasteiger partial charge >= 0.3 is 5.97 Å². The Morgan fingerprint density at radius 1 is 1.47 bits per heavy atom. The minimum atomic E-state index is -0.962. The molecule has 0 fully saturated rings. The van der Waals surface area contributed by atoms with Crippen LogP contribution in [0.15, 0.2) is 18.2 Å². The Labute approximate surface area is 110 Å². The minimum Gasteiger partial charge on any atom is -0.496 e. The number of hydrogen-bond acceptors (Lipinski definition) is 5. The highest BCUT2D eigenvalue weighted by molar-refractivity contribution is 5.72. The number of carboxylic acids is 1. The molecule has 1 rings (SSSR count). The number of nitro benzene ring substituents is 1. The zero-order valence-corrected chi connectivity index (χ0v) is 10.9. The van der Waals surface area contributed by atoms with Crippen molar-refractivity contribution in [2.75, 3.05) is 12.4 Å². The number of nitro groups is 1. The van der Waals surface area contributed by atoms with Crippen LogP contribution in [0.5, 0.6) is 5.75 Å². The van der Waals surface area contributed by atoms with Crippen molar-refractivity contribution in [2.45, 2.75) is 19.9 Å². The van der Waals surface area contributed by atoms with Crippen LogP contribution >= 0.6 is 0 Å². The van der Waals surface area contributed by atoms with Crippen molar-refractivity contribution >= 4 is 17.3 Å². The first-order valence-electron chi connectivity index (χ1n) is 5.68. The number of rotatable bonds is 6. The highest BCUT2D eigenvalue weighted by Gasteiger charge is 2.22. The van der Waals surface area contributed by atoms with Crippen molar-refractivity contribution < 1.29 is 19.6 Å². The lowest BCUT2D eigenvalue weighted by atomic mass is 10.0. The molecule has 2 N–H and O–H groups in total. The Morgan fingerprint density at radius 3 is 2.58 bits per heavy atom. The first-order valence-corrected chi connectivity index (χ1v) is 5.68. The molecule has 1 aromatic carbocycles. The maximum atomic E-state index is 11.0. The normalized spacial score (nSPS) is 13.4. The van der Waals surface area contributed by atoms with Gasteiger partial charge in [0.05, 0.1) is 24.0 Å². The Hall–Kier alpha value is -2.31. The largest absolute Gasteiger partial charge is 0.496 e. The topological polar surface area (TPSA) is 102 Å². The quantitative estimate of drug-likeness (QED) is 0.605. The van der Waals surface area contributed by atoms with E-state index in [1.807, 2.05) is 0 Å². The Bertz CT molecular complexity index is 489. The average Bonchev–Trinajstić information content (AvgIpc) is 2.37. The van der Waals surface area contributed by atoms with E-state index in [4.69, 9.17) is 9.84 Å². The van der Waals surface area contributed by atoms with E-state index in [9.17, 15) is 14.9 Å². The molecule has 19 heavy (non-hydrogen) atoms. The molecule has 0 saturated carbocycles. The van der Waals surface area contributed by atoms with Gasteiger partial charge in [0.15, 0.2) is 0 Å². The van der Waals surface area contributed by atoms with E-state index < -0.39 is 22.9 Å². The van der Waals surface area contributed by atoms with Gasteiger partial charge < -0.3 is 15.2 Å². The van der Waals surface area contributed by atoms with Crippen molar-refractivity contribution in [1.82, 2.24) is 0 Å². The molecule has 104 valence electrons. The van der Waals surface area contributed by atoms with Gasteiger partial charge in [-0.25, -0.2) is 0 Å². The third-order valence-corrected chi connectivity index (χ3v) is 2.92. The van der Waals surface area contributed by atoms with E-state index in [0.29, 0.717) is 5.75 Å². The molecule has 0 spiro atoms. The first kappa shape index (κ1) is 14.7. The van der Waals surface area contributed by atoms with Gasteiger partial charge in [-0.2, -0.15) is 0 Å². The van der Waals surface area contributed by atoms with Crippen LogP contribution < -0.4 is 10.1 Å². The number of ether oxygens (including phenoxy) is 1. The molecule has 0 saturated heterocycles. The summed E-state index contributed by atoms with van der Waals surface area (Å²) in [5.74, 6) is -1.26. The lowest BCUT2D eigenvalue weighted by Gasteiger charge is -2.19. The molecule has 0 radical (unpaired) electrons. The third kappa shape index (κ3) is 3.57. The number of hydrogen-bond donors (Lipinski definition) is 2. The van der Waals surface area contributed by atoms with E-state index in [1.165, 1.54) is 26.2 Å². The molecule has 7 nitrogen and oxygen atoms in total. The highest BCUT2D eigenvalue weighted by Crippen LogP contribution is 2.30. The predicted octanol–water partition coefficient (Wildman–Crippen LogP) is 2.12. The summed E-state index contributed by atoms with van der Waals surface area (Å²) in [6.07, 6.45) is 0. The standard InChI is InChI=1S/C12H16N2O5/c1-7(12(15)16)8(2)13-10-5-4-9(19-3)6-11(10)14(17)18/h4-8,13H,1-3H3,(H,15,16). The second-order valence-corrected chi connectivity index (χ2v) is 4.20. The summed E-state index contributed by atoms with van der Waals surface area (Å²) in [4.78, 5) is 21.3. The van der Waals surface area contributed by atoms with Crippen molar-refractivity contribution in [3.05, 3.63) is 28.3 Å². The number of anilines is 1. The molecule has 0 heterocycles. The van der Waals surface area contributed by atoms with Crippen molar-refractivity contribution in [1.29, 1.82) is 0 Å². The van der Waals surface area contributed by atoms with Crippen LogP contribution in [0.25, 0.3) is 0 Å². The number of aliphatic carboxylic acids is 1. The fourth-order valence-electron chi connectivity index (χ4n) is 1.50. The Morgan fingerprint density at radius 2 is 2.11 bits per heavy atom. The molecule has 1 aromatic rings. The fraction of sp³-hybridized carbons (Fsp3) is 0.417. The molecule has 0 aliphatic carbocycles. The Kier molecular flexibility index (Phi) is 4.68. The first-order chi connectivity index (χ1) is 8.86. The van der Waals surface area contributed by atoms with Crippen LogP contribution in [0.1, 0.15) is 13.8 Å². The van der Waals surface area contributed by atoms with Crippen LogP contribution in [-0.4, -0.2) is 29.2 Å². The lowest BCUT2D eigenvalue weighted by molar-refractivity contribution is -0.384. The second kappa shape index (κ2) is 6.03. The number of nitrogens with one attached hydrogen (secondary N) is 1. The maximum absolute atomic E-state index is 11.0. The third-order valence-electron chi connectivity index (χ3n) is 2.92. The molecule has 0 aromatic heterocycles. The van der Waals surface area contributed by atoms with Crippen molar-refractivity contribution in [2.24, 2.45) is 5.92 Å². The van der Waals surface area contributed by atoms with Gasteiger partial charge in [-0.15, -0.1) is 0 Å². The molecule has 0 aliphatic rings. The minimum absolute atomic E-state index is 0.149. The van der Waals surface area contributed by atoms with E-state index >= 15 is 0 Å². The van der Waals surface area contributed by atoms with Crippen LogP contribution in [0.2, 0.25) is 0 Å². The molecule has 0 amide bonds.